The second-order valence-electron chi connectivity index (χ2n) is 5.87. The van der Waals surface area contributed by atoms with Gasteiger partial charge in [-0.25, -0.2) is 9.78 Å². The number of benzene rings is 2. The number of nitro groups is 1. The predicted molar refractivity (Wildman–Crippen MR) is 118 cm³/mol. The first-order valence-electron chi connectivity index (χ1n) is 8.66. The van der Waals surface area contributed by atoms with Gasteiger partial charge in [0, 0.05) is 34.8 Å². The average molecular weight is 444 g/mol. The molecular weight excluding hydrogens is 428 g/mol. The molecule has 0 saturated carbocycles. The van der Waals surface area contributed by atoms with Gasteiger partial charge < -0.3 is 20.5 Å². The summed E-state index contributed by atoms with van der Waals surface area (Å²) in [5.74, 6) is -0.834. The number of aromatic nitrogens is 1. The molecule has 1 aromatic heterocycles. The lowest BCUT2D eigenvalue weighted by molar-refractivity contribution is -0.384. The number of ether oxygens (including phenoxy) is 1. The molecule has 0 radical (unpaired) electrons. The normalized spacial score (nSPS) is 10.3. The van der Waals surface area contributed by atoms with E-state index >= 15 is 0 Å². The highest BCUT2D eigenvalue weighted by Crippen LogP contribution is 2.27. The first kappa shape index (κ1) is 21.1. The smallest absolute Gasteiger partial charge is 0.341 e. The summed E-state index contributed by atoms with van der Waals surface area (Å²) >= 11 is 6.57. The van der Waals surface area contributed by atoms with Crippen molar-refractivity contribution in [1.82, 2.24) is 4.98 Å². The molecule has 11 heteroatoms. The average Bonchev–Trinajstić information content (AvgIpc) is 3.16. The molecule has 3 aromatic rings. The number of nitrogens with one attached hydrogen (secondary N) is 2. The third-order valence-electron chi connectivity index (χ3n) is 3.85. The Hall–Kier alpha value is -3.57. The zero-order valence-electron chi connectivity index (χ0n) is 15.6. The van der Waals surface area contributed by atoms with E-state index in [1.165, 1.54) is 35.6 Å². The van der Waals surface area contributed by atoms with Gasteiger partial charge in [0.1, 0.15) is 11.3 Å². The fourth-order valence-corrected chi connectivity index (χ4v) is 3.47. The van der Waals surface area contributed by atoms with Crippen molar-refractivity contribution >= 4 is 51.1 Å². The lowest BCUT2D eigenvalue weighted by Crippen LogP contribution is -2.19. The van der Waals surface area contributed by atoms with E-state index in [4.69, 9.17) is 17.0 Å². The molecule has 0 aliphatic rings. The number of hydrogen-bond donors (Lipinski definition) is 3. The quantitative estimate of drug-likeness (QED) is 0.219. The van der Waals surface area contributed by atoms with E-state index in [2.05, 4.69) is 15.6 Å². The van der Waals surface area contributed by atoms with Crippen molar-refractivity contribution in [2.45, 2.75) is 6.92 Å². The van der Waals surface area contributed by atoms with Crippen LogP contribution in [0.25, 0.3) is 11.3 Å². The SMILES string of the molecule is CCOC(=O)c1ccc(NC(=S)Nc2nc(-c3ccc([N+](=O)[O-])cc3)cs2)cc1O. The van der Waals surface area contributed by atoms with Crippen molar-refractivity contribution in [2.24, 2.45) is 0 Å². The Morgan fingerprint density at radius 2 is 2.00 bits per heavy atom. The van der Waals surface area contributed by atoms with Crippen molar-refractivity contribution in [3.8, 4) is 17.0 Å². The number of non-ortho nitro benzene ring substituents is 1. The van der Waals surface area contributed by atoms with E-state index in [0.717, 1.165) is 5.56 Å². The van der Waals surface area contributed by atoms with Gasteiger partial charge in [-0.15, -0.1) is 11.3 Å². The van der Waals surface area contributed by atoms with Gasteiger partial charge in [0.15, 0.2) is 10.2 Å². The van der Waals surface area contributed by atoms with Gasteiger partial charge in [0.05, 0.1) is 17.2 Å². The van der Waals surface area contributed by atoms with Crippen molar-refractivity contribution in [2.75, 3.05) is 17.2 Å². The monoisotopic (exact) mass is 444 g/mol. The minimum absolute atomic E-state index is 0.00920. The maximum Gasteiger partial charge on any atom is 0.341 e. The lowest BCUT2D eigenvalue weighted by atomic mass is 10.1. The number of aromatic hydroxyl groups is 1. The molecule has 3 rings (SSSR count). The van der Waals surface area contributed by atoms with Gasteiger partial charge in [-0.05, 0) is 43.4 Å². The highest BCUT2D eigenvalue weighted by Gasteiger charge is 2.13. The highest BCUT2D eigenvalue weighted by atomic mass is 32.1. The van der Waals surface area contributed by atoms with Crippen molar-refractivity contribution in [3.05, 3.63) is 63.5 Å². The molecule has 0 fully saturated rings. The van der Waals surface area contributed by atoms with Gasteiger partial charge in [-0.2, -0.15) is 0 Å². The fraction of sp³-hybridized carbons (Fsp3) is 0.105. The van der Waals surface area contributed by atoms with Crippen LogP contribution in [0.4, 0.5) is 16.5 Å². The van der Waals surface area contributed by atoms with Crippen LogP contribution >= 0.6 is 23.6 Å². The Morgan fingerprint density at radius 3 is 2.63 bits per heavy atom. The largest absolute Gasteiger partial charge is 0.507 e. The third kappa shape index (κ3) is 5.07. The van der Waals surface area contributed by atoms with Crippen molar-refractivity contribution < 1.29 is 19.6 Å². The van der Waals surface area contributed by atoms with Crippen molar-refractivity contribution in [1.29, 1.82) is 0 Å². The first-order valence-corrected chi connectivity index (χ1v) is 9.94. The van der Waals surface area contributed by atoms with Gasteiger partial charge in [0.25, 0.3) is 5.69 Å². The number of esters is 1. The van der Waals surface area contributed by atoms with Gasteiger partial charge >= 0.3 is 5.97 Å². The summed E-state index contributed by atoms with van der Waals surface area (Å²) in [6.07, 6.45) is 0. The van der Waals surface area contributed by atoms with E-state index < -0.39 is 10.9 Å². The zero-order valence-corrected chi connectivity index (χ0v) is 17.3. The number of rotatable bonds is 6. The maximum atomic E-state index is 11.7. The molecular formula is C19H16N4O5S2. The van der Waals surface area contributed by atoms with Gasteiger partial charge in [0.2, 0.25) is 0 Å². The Bertz CT molecular complexity index is 1100. The van der Waals surface area contributed by atoms with Crippen LogP contribution in [0, 0.1) is 10.1 Å². The molecule has 30 heavy (non-hydrogen) atoms. The molecule has 0 amide bonds. The van der Waals surface area contributed by atoms with E-state index in [-0.39, 0.29) is 28.7 Å². The molecule has 1 heterocycles. The Labute approximate surface area is 180 Å². The zero-order chi connectivity index (χ0) is 21.7. The number of thiocarbonyl (C=S) groups is 1. The van der Waals surface area contributed by atoms with Crippen LogP contribution < -0.4 is 10.6 Å². The molecule has 0 aliphatic carbocycles. The molecule has 0 bridgehead atoms. The third-order valence-corrected chi connectivity index (χ3v) is 4.81. The summed E-state index contributed by atoms with van der Waals surface area (Å²) in [5, 5.41) is 29.2. The van der Waals surface area contributed by atoms with E-state index in [1.54, 1.807) is 30.5 Å². The topological polar surface area (TPSA) is 127 Å². The van der Waals surface area contributed by atoms with Gasteiger partial charge in [-0.1, -0.05) is 0 Å². The van der Waals surface area contributed by atoms with E-state index in [9.17, 15) is 20.0 Å². The van der Waals surface area contributed by atoms with Crippen LogP contribution in [0.5, 0.6) is 5.75 Å². The molecule has 2 aromatic carbocycles. The van der Waals surface area contributed by atoms with E-state index in [1.807, 2.05) is 0 Å². The van der Waals surface area contributed by atoms with Gasteiger partial charge in [-0.3, -0.25) is 10.1 Å². The molecule has 0 saturated heterocycles. The maximum absolute atomic E-state index is 11.7. The molecule has 0 unspecified atom stereocenters. The summed E-state index contributed by atoms with van der Waals surface area (Å²) in [5.41, 5.74) is 1.94. The predicted octanol–water partition coefficient (Wildman–Crippen LogP) is 4.41. The molecule has 0 spiro atoms. The highest BCUT2D eigenvalue weighted by molar-refractivity contribution is 7.80. The summed E-state index contributed by atoms with van der Waals surface area (Å²) in [7, 11) is 0. The molecule has 0 aliphatic heterocycles. The number of nitro benzene ring substituents is 1. The molecule has 9 nitrogen and oxygen atoms in total. The Morgan fingerprint density at radius 1 is 1.27 bits per heavy atom. The molecule has 0 atom stereocenters. The van der Waals surface area contributed by atoms with E-state index in [0.29, 0.717) is 16.5 Å². The number of anilines is 2. The van der Waals surface area contributed by atoms with Crippen molar-refractivity contribution in [3.63, 3.8) is 0 Å². The Balaban J connectivity index is 1.64. The number of phenolic OH excluding ortho intramolecular Hbond substituents is 1. The minimum atomic E-state index is -0.608. The summed E-state index contributed by atoms with van der Waals surface area (Å²) < 4.78 is 4.87. The van der Waals surface area contributed by atoms with Crippen LogP contribution in [0.15, 0.2) is 47.8 Å². The summed E-state index contributed by atoms with van der Waals surface area (Å²) in [6, 6.07) is 10.5. The molecule has 3 N–H and O–H groups in total. The summed E-state index contributed by atoms with van der Waals surface area (Å²) in [6.45, 7) is 1.89. The summed E-state index contributed by atoms with van der Waals surface area (Å²) in [4.78, 5) is 26.4. The van der Waals surface area contributed by atoms with Crippen LogP contribution in [0.1, 0.15) is 17.3 Å². The number of carbonyl (C=O) groups is 1. The van der Waals surface area contributed by atoms with Crippen LogP contribution in [-0.4, -0.2) is 32.7 Å². The Kier molecular flexibility index (Phi) is 6.54. The molecule has 154 valence electrons. The lowest BCUT2D eigenvalue weighted by Gasteiger charge is -2.10. The second-order valence-corrected chi connectivity index (χ2v) is 7.14. The van der Waals surface area contributed by atoms with Crippen LogP contribution in [0.2, 0.25) is 0 Å². The second kappa shape index (κ2) is 9.29. The number of phenols is 1. The van der Waals surface area contributed by atoms with Crippen LogP contribution in [0.3, 0.4) is 0 Å². The fourth-order valence-electron chi connectivity index (χ4n) is 2.47. The minimum Gasteiger partial charge on any atom is -0.507 e. The number of nitrogens with zero attached hydrogens (tertiary/aromatic N) is 2. The number of hydrogen-bond acceptors (Lipinski definition) is 8. The van der Waals surface area contributed by atoms with Crippen LogP contribution in [-0.2, 0) is 4.74 Å². The number of thiazole rings is 1. The number of carbonyl (C=O) groups excluding carboxylic acids is 1. The first-order chi connectivity index (χ1) is 14.4. The standard InChI is InChI=1S/C19H16N4O5S2/c1-2-28-17(25)14-8-5-12(9-16(14)24)20-18(29)22-19-21-15(10-30-19)11-3-6-13(7-4-11)23(26)27/h3-10,24H,2H2,1H3,(H2,20,21,22,29).